The summed E-state index contributed by atoms with van der Waals surface area (Å²) in [5, 5.41) is 0. The first kappa shape index (κ1) is 15.5. The Hall–Kier alpha value is -0.570. The SMILES string of the molecule is CC(C)(C)OC(=O)C[C@@H](N)CCC1CCCCC1. The van der Waals surface area contributed by atoms with Gasteiger partial charge in [-0.25, -0.2) is 0 Å². The Morgan fingerprint density at radius 2 is 1.89 bits per heavy atom. The quantitative estimate of drug-likeness (QED) is 0.766. The minimum atomic E-state index is -0.403. The number of hydrogen-bond acceptors (Lipinski definition) is 3. The van der Waals surface area contributed by atoms with Crippen LogP contribution in [0.5, 0.6) is 0 Å². The summed E-state index contributed by atoms with van der Waals surface area (Å²) in [6, 6.07) is -0.0400. The molecule has 0 amide bonds. The maximum Gasteiger partial charge on any atom is 0.307 e. The van der Waals surface area contributed by atoms with E-state index in [2.05, 4.69) is 0 Å². The van der Waals surface area contributed by atoms with Crippen LogP contribution in [0.25, 0.3) is 0 Å². The number of rotatable bonds is 5. The molecular weight excluding hydrogens is 226 g/mol. The van der Waals surface area contributed by atoms with E-state index in [0.29, 0.717) is 6.42 Å². The highest BCUT2D eigenvalue weighted by atomic mass is 16.6. The predicted molar refractivity (Wildman–Crippen MR) is 74.2 cm³/mol. The van der Waals surface area contributed by atoms with Crippen molar-refractivity contribution in [3.8, 4) is 0 Å². The monoisotopic (exact) mass is 255 g/mol. The fraction of sp³-hybridized carbons (Fsp3) is 0.933. The van der Waals surface area contributed by atoms with Gasteiger partial charge in [0.1, 0.15) is 5.60 Å². The maximum atomic E-state index is 11.6. The number of esters is 1. The highest BCUT2D eigenvalue weighted by Gasteiger charge is 2.20. The average Bonchev–Trinajstić information content (AvgIpc) is 2.25. The van der Waals surface area contributed by atoms with Gasteiger partial charge in [0.2, 0.25) is 0 Å². The van der Waals surface area contributed by atoms with Crippen molar-refractivity contribution in [2.45, 2.75) is 83.8 Å². The number of nitrogens with two attached hydrogens (primary N) is 1. The molecule has 1 aliphatic rings. The lowest BCUT2D eigenvalue weighted by atomic mass is 9.85. The van der Waals surface area contributed by atoms with Crippen LogP contribution in [0, 0.1) is 5.92 Å². The summed E-state index contributed by atoms with van der Waals surface area (Å²) in [4.78, 5) is 11.6. The Morgan fingerprint density at radius 1 is 1.28 bits per heavy atom. The second-order valence-electron chi connectivity index (χ2n) is 6.63. The van der Waals surface area contributed by atoms with E-state index in [-0.39, 0.29) is 12.0 Å². The Balaban J connectivity index is 2.16. The van der Waals surface area contributed by atoms with Crippen LogP contribution in [0.3, 0.4) is 0 Å². The van der Waals surface area contributed by atoms with Crippen molar-refractivity contribution in [2.24, 2.45) is 11.7 Å². The molecule has 0 radical (unpaired) electrons. The summed E-state index contributed by atoms with van der Waals surface area (Å²) in [5.74, 6) is 0.669. The minimum absolute atomic E-state index is 0.0400. The van der Waals surface area contributed by atoms with Gasteiger partial charge in [-0.3, -0.25) is 4.79 Å². The lowest BCUT2D eigenvalue weighted by molar-refractivity contribution is -0.155. The van der Waals surface area contributed by atoms with Crippen LogP contribution in [0.15, 0.2) is 0 Å². The smallest absolute Gasteiger partial charge is 0.307 e. The summed E-state index contributed by atoms with van der Waals surface area (Å²) < 4.78 is 5.28. The molecule has 0 aromatic heterocycles. The third kappa shape index (κ3) is 7.00. The van der Waals surface area contributed by atoms with Gasteiger partial charge < -0.3 is 10.5 Å². The van der Waals surface area contributed by atoms with Crippen LogP contribution in [0.1, 0.15) is 72.1 Å². The maximum absolute atomic E-state index is 11.6. The van der Waals surface area contributed by atoms with Gasteiger partial charge >= 0.3 is 5.97 Å². The first-order chi connectivity index (χ1) is 8.37. The zero-order valence-corrected chi connectivity index (χ0v) is 12.2. The van der Waals surface area contributed by atoms with Gasteiger partial charge in [0.15, 0.2) is 0 Å². The van der Waals surface area contributed by atoms with E-state index >= 15 is 0 Å². The molecule has 1 aliphatic carbocycles. The van der Waals surface area contributed by atoms with Crippen molar-refractivity contribution in [3.63, 3.8) is 0 Å². The van der Waals surface area contributed by atoms with Gasteiger partial charge in [0.05, 0.1) is 6.42 Å². The molecule has 106 valence electrons. The Bertz CT molecular complexity index is 252. The molecule has 1 saturated carbocycles. The summed E-state index contributed by atoms with van der Waals surface area (Å²) >= 11 is 0. The van der Waals surface area contributed by atoms with Crippen molar-refractivity contribution < 1.29 is 9.53 Å². The topological polar surface area (TPSA) is 52.3 Å². The normalized spacial score (nSPS) is 19.6. The molecule has 0 unspecified atom stereocenters. The van der Waals surface area contributed by atoms with Crippen molar-refractivity contribution in [2.75, 3.05) is 0 Å². The molecule has 0 heterocycles. The number of carbonyl (C=O) groups excluding carboxylic acids is 1. The Labute approximate surface area is 111 Å². The highest BCUT2D eigenvalue weighted by molar-refractivity contribution is 5.70. The highest BCUT2D eigenvalue weighted by Crippen LogP contribution is 2.27. The molecular formula is C15H29NO2. The lowest BCUT2D eigenvalue weighted by Crippen LogP contribution is -2.30. The second kappa shape index (κ2) is 7.13. The number of hydrogen-bond donors (Lipinski definition) is 1. The zero-order chi connectivity index (χ0) is 13.6. The molecule has 18 heavy (non-hydrogen) atoms. The zero-order valence-electron chi connectivity index (χ0n) is 12.2. The first-order valence-corrected chi connectivity index (χ1v) is 7.34. The van der Waals surface area contributed by atoms with Gasteiger partial charge in [-0.1, -0.05) is 32.1 Å². The first-order valence-electron chi connectivity index (χ1n) is 7.34. The molecule has 1 rings (SSSR count). The van der Waals surface area contributed by atoms with Crippen LogP contribution in [0.4, 0.5) is 0 Å². The van der Waals surface area contributed by atoms with E-state index in [1.807, 2.05) is 20.8 Å². The lowest BCUT2D eigenvalue weighted by Gasteiger charge is -2.24. The van der Waals surface area contributed by atoms with Crippen LogP contribution < -0.4 is 5.73 Å². The minimum Gasteiger partial charge on any atom is -0.460 e. The summed E-state index contributed by atoms with van der Waals surface area (Å²) in [5.41, 5.74) is 5.61. The van der Waals surface area contributed by atoms with Crippen molar-refractivity contribution >= 4 is 5.97 Å². The summed E-state index contributed by atoms with van der Waals surface area (Å²) in [6.07, 6.45) is 9.29. The molecule has 3 heteroatoms. The van der Waals surface area contributed by atoms with Gasteiger partial charge in [-0.05, 0) is 39.5 Å². The van der Waals surface area contributed by atoms with E-state index in [1.165, 1.54) is 38.5 Å². The number of ether oxygens (including phenoxy) is 1. The van der Waals surface area contributed by atoms with E-state index in [9.17, 15) is 4.79 Å². The molecule has 3 nitrogen and oxygen atoms in total. The Morgan fingerprint density at radius 3 is 2.44 bits per heavy atom. The predicted octanol–water partition coefficient (Wildman–Crippen LogP) is 3.41. The van der Waals surface area contributed by atoms with Crippen LogP contribution in [-0.2, 0) is 9.53 Å². The molecule has 2 N–H and O–H groups in total. The average molecular weight is 255 g/mol. The van der Waals surface area contributed by atoms with Gasteiger partial charge in [0, 0.05) is 6.04 Å². The summed E-state index contributed by atoms with van der Waals surface area (Å²) in [7, 11) is 0. The third-order valence-electron chi connectivity index (χ3n) is 3.52. The molecule has 0 spiro atoms. The molecule has 0 aromatic carbocycles. The Kier molecular flexibility index (Phi) is 6.13. The molecule has 1 fully saturated rings. The van der Waals surface area contributed by atoms with Gasteiger partial charge in [-0.15, -0.1) is 0 Å². The van der Waals surface area contributed by atoms with Crippen molar-refractivity contribution in [3.05, 3.63) is 0 Å². The molecule has 0 saturated heterocycles. The van der Waals surface area contributed by atoms with E-state index < -0.39 is 5.60 Å². The van der Waals surface area contributed by atoms with Crippen LogP contribution in [0.2, 0.25) is 0 Å². The summed E-state index contributed by atoms with van der Waals surface area (Å²) in [6.45, 7) is 5.66. The van der Waals surface area contributed by atoms with E-state index in [1.54, 1.807) is 0 Å². The second-order valence-corrected chi connectivity index (χ2v) is 6.63. The van der Waals surface area contributed by atoms with Gasteiger partial charge in [-0.2, -0.15) is 0 Å². The van der Waals surface area contributed by atoms with Gasteiger partial charge in [0.25, 0.3) is 0 Å². The third-order valence-corrected chi connectivity index (χ3v) is 3.52. The van der Waals surface area contributed by atoms with E-state index in [0.717, 1.165) is 12.3 Å². The molecule has 0 aliphatic heterocycles. The van der Waals surface area contributed by atoms with Crippen LogP contribution >= 0.6 is 0 Å². The van der Waals surface area contributed by atoms with Crippen LogP contribution in [-0.4, -0.2) is 17.6 Å². The standard InChI is InChI=1S/C15H29NO2/c1-15(2,3)18-14(17)11-13(16)10-9-12-7-5-4-6-8-12/h12-13H,4-11,16H2,1-3H3/t13-/m0/s1. The molecule has 1 atom stereocenters. The fourth-order valence-corrected chi connectivity index (χ4v) is 2.62. The molecule has 0 aromatic rings. The molecule has 0 bridgehead atoms. The van der Waals surface area contributed by atoms with E-state index in [4.69, 9.17) is 10.5 Å². The fourth-order valence-electron chi connectivity index (χ4n) is 2.62. The van der Waals surface area contributed by atoms with Crippen molar-refractivity contribution in [1.29, 1.82) is 0 Å². The number of carbonyl (C=O) groups is 1. The van der Waals surface area contributed by atoms with Crippen molar-refractivity contribution in [1.82, 2.24) is 0 Å². The largest absolute Gasteiger partial charge is 0.460 e.